The summed E-state index contributed by atoms with van der Waals surface area (Å²) < 4.78 is 12.2. The lowest BCUT2D eigenvalue weighted by Crippen LogP contribution is -2.46. The zero-order chi connectivity index (χ0) is 14.8. The topological polar surface area (TPSA) is 34.6 Å². The van der Waals surface area contributed by atoms with Gasteiger partial charge in [0.1, 0.15) is 11.9 Å². The van der Waals surface area contributed by atoms with Gasteiger partial charge in [-0.2, -0.15) is 0 Å². The fourth-order valence-corrected chi connectivity index (χ4v) is 4.02. The van der Waals surface area contributed by atoms with Gasteiger partial charge in [-0.3, -0.25) is 4.98 Å². The summed E-state index contributed by atoms with van der Waals surface area (Å²) in [4.78, 5) is 6.76. The van der Waals surface area contributed by atoms with Crippen molar-refractivity contribution < 1.29 is 9.47 Å². The van der Waals surface area contributed by atoms with E-state index >= 15 is 0 Å². The van der Waals surface area contributed by atoms with Crippen molar-refractivity contribution in [3.05, 3.63) is 24.5 Å². The summed E-state index contributed by atoms with van der Waals surface area (Å²) in [6, 6.07) is 3.89. The molecule has 3 fully saturated rings. The maximum atomic E-state index is 6.19. The molecule has 3 aliphatic rings. The highest BCUT2D eigenvalue weighted by molar-refractivity contribution is 5.16. The van der Waals surface area contributed by atoms with Crippen molar-refractivity contribution in [1.82, 2.24) is 9.88 Å². The minimum absolute atomic E-state index is 0.0724. The number of piperidine rings is 1. The molecule has 1 saturated carbocycles. The number of aromatic nitrogens is 1. The summed E-state index contributed by atoms with van der Waals surface area (Å²) in [6.07, 6.45) is 11.4. The minimum Gasteiger partial charge on any atom is -0.486 e. The monoisotopic (exact) mass is 302 g/mol. The predicted octanol–water partition coefficient (Wildman–Crippen LogP) is 2.88. The average molecular weight is 302 g/mol. The number of likely N-dealkylation sites (tertiary alicyclic amines) is 1. The molecule has 2 aliphatic heterocycles. The lowest BCUT2D eigenvalue weighted by Gasteiger charge is -2.41. The summed E-state index contributed by atoms with van der Waals surface area (Å²) >= 11 is 0. The Bertz CT molecular complexity index is 481. The second-order valence-electron chi connectivity index (χ2n) is 7.22. The lowest BCUT2D eigenvalue weighted by molar-refractivity contribution is -0.0478. The van der Waals surface area contributed by atoms with Crippen LogP contribution in [0.25, 0.3) is 0 Å². The standard InChI is InChI=1S/C18H26N2O2/c1-3-15(4-1)13-20-9-6-18(7-10-20)11-17(14-21-18)22-16-5-2-8-19-12-16/h2,5,8,12,15,17H,1,3-4,6-7,9-11,13-14H2/t17-/m1/s1. The molecule has 22 heavy (non-hydrogen) atoms. The molecule has 2 saturated heterocycles. The Morgan fingerprint density at radius 3 is 2.86 bits per heavy atom. The van der Waals surface area contributed by atoms with Gasteiger partial charge in [0, 0.05) is 32.3 Å². The molecule has 120 valence electrons. The fraction of sp³-hybridized carbons (Fsp3) is 0.722. The Morgan fingerprint density at radius 1 is 1.32 bits per heavy atom. The number of ether oxygens (including phenoxy) is 2. The van der Waals surface area contributed by atoms with E-state index in [0.29, 0.717) is 0 Å². The van der Waals surface area contributed by atoms with Crippen molar-refractivity contribution in [2.24, 2.45) is 5.92 Å². The van der Waals surface area contributed by atoms with Crippen molar-refractivity contribution >= 4 is 0 Å². The molecule has 0 unspecified atom stereocenters. The number of rotatable bonds is 4. The molecule has 1 aromatic rings. The quantitative estimate of drug-likeness (QED) is 0.856. The zero-order valence-electron chi connectivity index (χ0n) is 13.2. The zero-order valence-corrected chi connectivity index (χ0v) is 13.2. The molecule has 1 aromatic heterocycles. The Kier molecular flexibility index (Phi) is 4.05. The molecular weight excluding hydrogens is 276 g/mol. The smallest absolute Gasteiger partial charge is 0.138 e. The molecule has 0 N–H and O–H groups in total. The molecule has 0 amide bonds. The Morgan fingerprint density at radius 2 is 2.18 bits per heavy atom. The van der Waals surface area contributed by atoms with Gasteiger partial charge in [0.2, 0.25) is 0 Å². The van der Waals surface area contributed by atoms with E-state index in [-0.39, 0.29) is 11.7 Å². The van der Waals surface area contributed by atoms with Gasteiger partial charge in [0.05, 0.1) is 18.4 Å². The number of pyridine rings is 1. The third-order valence-electron chi connectivity index (χ3n) is 5.62. The molecule has 1 atom stereocenters. The van der Waals surface area contributed by atoms with Crippen LogP contribution in [0.4, 0.5) is 0 Å². The van der Waals surface area contributed by atoms with Gasteiger partial charge in [-0.25, -0.2) is 0 Å². The normalized spacial score (nSPS) is 28.6. The van der Waals surface area contributed by atoms with E-state index in [4.69, 9.17) is 9.47 Å². The SMILES string of the molecule is c1cncc(O[C@H]2COC3(CCN(CC4CCC4)CC3)C2)c1. The van der Waals surface area contributed by atoms with Crippen LogP contribution in [0.5, 0.6) is 5.75 Å². The molecule has 4 heteroatoms. The third kappa shape index (κ3) is 3.13. The molecule has 4 nitrogen and oxygen atoms in total. The third-order valence-corrected chi connectivity index (χ3v) is 5.62. The summed E-state index contributed by atoms with van der Waals surface area (Å²) in [5, 5.41) is 0. The van der Waals surface area contributed by atoms with Gasteiger partial charge in [-0.1, -0.05) is 6.42 Å². The van der Waals surface area contributed by atoms with Crippen LogP contribution in [0.3, 0.4) is 0 Å². The maximum absolute atomic E-state index is 6.19. The second kappa shape index (κ2) is 6.17. The molecule has 4 rings (SSSR count). The second-order valence-corrected chi connectivity index (χ2v) is 7.22. The van der Waals surface area contributed by atoms with Gasteiger partial charge in [0.25, 0.3) is 0 Å². The van der Waals surface area contributed by atoms with Crippen LogP contribution < -0.4 is 4.74 Å². The average Bonchev–Trinajstić information content (AvgIpc) is 2.89. The van der Waals surface area contributed by atoms with Crippen LogP contribution in [0.2, 0.25) is 0 Å². The first-order valence-corrected chi connectivity index (χ1v) is 8.74. The van der Waals surface area contributed by atoms with Crippen LogP contribution >= 0.6 is 0 Å². The Balaban J connectivity index is 1.27. The van der Waals surface area contributed by atoms with Crippen LogP contribution in [0.1, 0.15) is 38.5 Å². The Labute approximate surface area is 132 Å². The number of hydrogen-bond donors (Lipinski definition) is 0. The molecule has 1 spiro atoms. The first kappa shape index (κ1) is 14.5. The van der Waals surface area contributed by atoms with Crippen LogP contribution in [-0.2, 0) is 4.74 Å². The molecular formula is C18H26N2O2. The van der Waals surface area contributed by atoms with Gasteiger partial charge in [-0.05, 0) is 43.7 Å². The van der Waals surface area contributed by atoms with Crippen molar-refractivity contribution in [1.29, 1.82) is 0 Å². The highest BCUT2D eigenvalue weighted by atomic mass is 16.6. The van der Waals surface area contributed by atoms with Crippen molar-refractivity contribution in [2.75, 3.05) is 26.2 Å². The van der Waals surface area contributed by atoms with E-state index in [1.807, 2.05) is 12.1 Å². The van der Waals surface area contributed by atoms with Crippen LogP contribution in [0.15, 0.2) is 24.5 Å². The van der Waals surface area contributed by atoms with E-state index < -0.39 is 0 Å². The summed E-state index contributed by atoms with van der Waals surface area (Å²) in [7, 11) is 0. The summed E-state index contributed by atoms with van der Waals surface area (Å²) in [5.74, 6) is 1.83. The first-order valence-electron chi connectivity index (χ1n) is 8.74. The highest BCUT2D eigenvalue weighted by Gasteiger charge is 2.43. The van der Waals surface area contributed by atoms with Crippen LogP contribution in [0, 0.1) is 5.92 Å². The van der Waals surface area contributed by atoms with E-state index in [9.17, 15) is 0 Å². The summed E-state index contributed by atoms with van der Waals surface area (Å²) in [5.41, 5.74) is 0.0724. The lowest BCUT2D eigenvalue weighted by atomic mass is 9.83. The Hall–Kier alpha value is -1.13. The fourth-order valence-electron chi connectivity index (χ4n) is 4.02. The van der Waals surface area contributed by atoms with E-state index in [1.165, 1.54) is 38.9 Å². The predicted molar refractivity (Wildman–Crippen MR) is 85.0 cm³/mol. The van der Waals surface area contributed by atoms with Gasteiger partial charge < -0.3 is 14.4 Å². The van der Waals surface area contributed by atoms with Gasteiger partial charge in [-0.15, -0.1) is 0 Å². The molecule has 1 aliphatic carbocycles. The molecule has 0 bridgehead atoms. The van der Waals surface area contributed by atoms with E-state index in [1.54, 1.807) is 12.4 Å². The molecule has 3 heterocycles. The van der Waals surface area contributed by atoms with E-state index in [2.05, 4.69) is 9.88 Å². The van der Waals surface area contributed by atoms with Gasteiger partial charge >= 0.3 is 0 Å². The van der Waals surface area contributed by atoms with Crippen molar-refractivity contribution in [2.45, 2.75) is 50.2 Å². The molecule has 0 radical (unpaired) electrons. The largest absolute Gasteiger partial charge is 0.486 e. The number of hydrogen-bond acceptors (Lipinski definition) is 4. The minimum atomic E-state index is 0.0724. The van der Waals surface area contributed by atoms with Crippen molar-refractivity contribution in [3.63, 3.8) is 0 Å². The van der Waals surface area contributed by atoms with Crippen LogP contribution in [-0.4, -0.2) is 47.8 Å². The number of nitrogens with zero attached hydrogens (tertiary/aromatic N) is 2. The van der Waals surface area contributed by atoms with Gasteiger partial charge in [0.15, 0.2) is 0 Å². The highest BCUT2D eigenvalue weighted by Crippen LogP contribution is 2.38. The maximum Gasteiger partial charge on any atom is 0.138 e. The van der Waals surface area contributed by atoms with Crippen molar-refractivity contribution in [3.8, 4) is 5.75 Å². The summed E-state index contributed by atoms with van der Waals surface area (Å²) in [6.45, 7) is 4.41. The van der Waals surface area contributed by atoms with E-state index in [0.717, 1.165) is 37.5 Å². The first-order chi connectivity index (χ1) is 10.8. The molecule has 0 aromatic carbocycles.